The van der Waals surface area contributed by atoms with Gasteiger partial charge in [0.2, 0.25) is 0 Å². The molecule has 2 aromatic rings. The fourth-order valence-electron chi connectivity index (χ4n) is 5.40. The van der Waals surface area contributed by atoms with Crippen molar-refractivity contribution in [2.75, 3.05) is 18.9 Å². The molecule has 1 aliphatic carbocycles. The summed E-state index contributed by atoms with van der Waals surface area (Å²) in [6, 6.07) is 16.7. The molecule has 1 saturated carbocycles. The zero-order valence-corrected chi connectivity index (χ0v) is 18.6. The number of hydrogen-bond donors (Lipinski definition) is 1. The molecule has 2 bridgehead atoms. The first-order valence-electron chi connectivity index (χ1n) is 11.2. The number of carbonyl (C=O) groups is 1. The van der Waals surface area contributed by atoms with Crippen LogP contribution in [0.5, 0.6) is 11.5 Å². The van der Waals surface area contributed by atoms with Crippen LogP contribution in [-0.2, 0) is 9.32 Å². The van der Waals surface area contributed by atoms with E-state index >= 15 is 0 Å². The van der Waals surface area contributed by atoms with E-state index in [0.29, 0.717) is 5.92 Å². The Morgan fingerprint density at radius 2 is 1.93 bits per heavy atom. The predicted molar refractivity (Wildman–Crippen MR) is 121 cm³/mol. The number of rotatable bonds is 7. The fourth-order valence-corrected chi connectivity index (χ4v) is 9.94. The maximum absolute atomic E-state index is 11.1. The zero-order valence-electron chi connectivity index (χ0n) is 17.6. The molecule has 3 heterocycles. The minimum absolute atomic E-state index is 0.0840. The van der Waals surface area contributed by atoms with Gasteiger partial charge >= 0.3 is 179 Å². The van der Waals surface area contributed by atoms with Crippen molar-refractivity contribution in [2.45, 2.75) is 39.0 Å². The fraction of sp³-hybridized carbons (Fsp3) is 0.480. The molecule has 1 unspecified atom stereocenters. The standard InChI is InChI=1S/C25H31O4P/c1-18-5-7-20(8-6-18)29-21-3-2-4-22(16-21)30-13-11-25(12-14-30,17-28-30)10-9-19-15-23(19)24(26)27/h2-8,16,19,23,30H,9-15,17H2,1H3,(H,26,27)/t19-,23?/m1/s1. The van der Waals surface area contributed by atoms with Gasteiger partial charge in [0.25, 0.3) is 0 Å². The van der Waals surface area contributed by atoms with Crippen LogP contribution in [0.1, 0.15) is 37.7 Å². The Labute approximate surface area is 179 Å². The van der Waals surface area contributed by atoms with Crippen molar-refractivity contribution < 1.29 is 19.2 Å². The van der Waals surface area contributed by atoms with Crippen molar-refractivity contribution in [1.29, 1.82) is 0 Å². The van der Waals surface area contributed by atoms with Gasteiger partial charge in [-0.05, 0) is 0 Å². The molecule has 4 aliphatic rings. The van der Waals surface area contributed by atoms with Gasteiger partial charge in [0.15, 0.2) is 0 Å². The van der Waals surface area contributed by atoms with E-state index < -0.39 is 13.5 Å². The van der Waals surface area contributed by atoms with Crippen LogP contribution in [-0.4, -0.2) is 30.0 Å². The molecule has 3 aliphatic heterocycles. The third-order valence-corrected chi connectivity index (χ3v) is 11.9. The Kier molecular flexibility index (Phi) is 5.11. The zero-order chi connectivity index (χ0) is 20.8. The van der Waals surface area contributed by atoms with Gasteiger partial charge in [0.05, 0.1) is 0 Å². The van der Waals surface area contributed by atoms with Crippen molar-refractivity contribution in [3.8, 4) is 11.5 Å². The summed E-state index contributed by atoms with van der Waals surface area (Å²) < 4.78 is 12.8. The summed E-state index contributed by atoms with van der Waals surface area (Å²) in [6.07, 6.45) is 7.86. The molecule has 2 atom stereocenters. The molecule has 30 heavy (non-hydrogen) atoms. The molecular weight excluding hydrogens is 395 g/mol. The van der Waals surface area contributed by atoms with E-state index in [1.807, 2.05) is 18.2 Å². The summed E-state index contributed by atoms with van der Waals surface area (Å²) >= 11 is 0. The van der Waals surface area contributed by atoms with Crippen molar-refractivity contribution in [3.05, 3.63) is 54.1 Å². The van der Waals surface area contributed by atoms with Gasteiger partial charge in [0.1, 0.15) is 0 Å². The summed E-state index contributed by atoms with van der Waals surface area (Å²) in [4.78, 5) is 11.1. The van der Waals surface area contributed by atoms with Crippen molar-refractivity contribution >= 4 is 18.8 Å². The maximum atomic E-state index is 11.1. The number of fused-ring (bicyclic) bond motifs is 3. The van der Waals surface area contributed by atoms with E-state index in [2.05, 4.69) is 37.3 Å². The summed E-state index contributed by atoms with van der Waals surface area (Å²) in [6.45, 7) is 2.93. The third kappa shape index (κ3) is 3.88. The predicted octanol–water partition coefficient (Wildman–Crippen LogP) is 5.39. The number of aliphatic carboxylic acids is 1. The molecule has 4 nitrogen and oxygen atoms in total. The van der Waals surface area contributed by atoms with Crippen LogP contribution in [0.2, 0.25) is 0 Å². The topological polar surface area (TPSA) is 55.8 Å². The van der Waals surface area contributed by atoms with E-state index in [1.54, 1.807) is 0 Å². The van der Waals surface area contributed by atoms with Crippen LogP contribution in [0.3, 0.4) is 0 Å². The van der Waals surface area contributed by atoms with E-state index in [1.165, 1.54) is 36.0 Å². The van der Waals surface area contributed by atoms with Gasteiger partial charge in [-0.2, -0.15) is 0 Å². The van der Waals surface area contributed by atoms with Gasteiger partial charge in [-0.25, -0.2) is 0 Å². The van der Waals surface area contributed by atoms with Crippen molar-refractivity contribution in [1.82, 2.24) is 0 Å². The summed E-state index contributed by atoms with van der Waals surface area (Å²) in [5.74, 6) is 1.46. The van der Waals surface area contributed by atoms with E-state index in [0.717, 1.165) is 37.4 Å². The normalized spacial score (nSPS) is 29.9. The molecule has 2 aromatic carbocycles. The van der Waals surface area contributed by atoms with E-state index in [-0.39, 0.29) is 11.3 Å². The molecule has 5 heteroatoms. The van der Waals surface area contributed by atoms with Crippen molar-refractivity contribution in [3.63, 3.8) is 0 Å². The quantitative estimate of drug-likeness (QED) is 0.603. The number of ether oxygens (including phenoxy) is 1. The number of carboxylic acid groups (broad SMARTS) is 1. The molecular formula is C25H31O4P. The Hall–Kier alpha value is -1.90. The Bertz CT molecular complexity index is 914. The number of aryl methyl sites for hydroxylation is 1. The van der Waals surface area contributed by atoms with Crippen LogP contribution >= 0.6 is 7.49 Å². The third-order valence-electron chi connectivity index (χ3n) is 7.68. The van der Waals surface area contributed by atoms with Crippen LogP contribution in [0, 0.1) is 24.2 Å². The minimum atomic E-state index is -1.92. The Morgan fingerprint density at radius 1 is 1.17 bits per heavy atom. The average molecular weight is 426 g/mol. The van der Waals surface area contributed by atoms with Crippen LogP contribution < -0.4 is 10.0 Å². The Balaban J connectivity index is 1.23. The SMILES string of the molecule is Cc1ccc(Oc2cccc([PH]34CCC(CC[C@@H]5CC5C(=O)O)(CC3)CO4)c2)cc1. The van der Waals surface area contributed by atoms with E-state index in [9.17, 15) is 4.79 Å². The first-order valence-corrected chi connectivity index (χ1v) is 13.5. The van der Waals surface area contributed by atoms with E-state index in [4.69, 9.17) is 14.4 Å². The number of hydrogen-bond acceptors (Lipinski definition) is 3. The first-order chi connectivity index (χ1) is 14.5. The second-order valence-electron chi connectivity index (χ2n) is 9.71. The van der Waals surface area contributed by atoms with Crippen molar-refractivity contribution in [2.24, 2.45) is 17.3 Å². The molecule has 0 radical (unpaired) electrons. The van der Waals surface area contributed by atoms with Gasteiger partial charge < -0.3 is 0 Å². The van der Waals surface area contributed by atoms with Gasteiger partial charge in [-0.1, -0.05) is 0 Å². The number of carboxylic acids is 1. The monoisotopic (exact) mass is 426 g/mol. The van der Waals surface area contributed by atoms with Gasteiger partial charge in [0, 0.05) is 0 Å². The van der Waals surface area contributed by atoms with Crippen LogP contribution in [0.25, 0.3) is 0 Å². The molecule has 0 aromatic heterocycles. The summed E-state index contributed by atoms with van der Waals surface area (Å²) in [7, 11) is -1.92. The molecule has 3 saturated heterocycles. The molecule has 0 spiro atoms. The molecule has 1 N–H and O–H groups in total. The van der Waals surface area contributed by atoms with Crippen LogP contribution in [0.4, 0.5) is 0 Å². The van der Waals surface area contributed by atoms with Gasteiger partial charge in [-0.15, -0.1) is 0 Å². The molecule has 160 valence electrons. The van der Waals surface area contributed by atoms with Gasteiger partial charge in [-0.3, -0.25) is 0 Å². The molecule has 6 rings (SSSR count). The Morgan fingerprint density at radius 3 is 2.57 bits per heavy atom. The second kappa shape index (κ2) is 7.66. The molecule has 4 fully saturated rings. The van der Waals surface area contributed by atoms with Crippen LogP contribution in [0.15, 0.2) is 48.5 Å². The second-order valence-corrected chi connectivity index (χ2v) is 13.6. The average Bonchev–Trinajstić information content (AvgIpc) is 3.56. The first kappa shape index (κ1) is 20.0. The summed E-state index contributed by atoms with van der Waals surface area (Å²) in [5.41, 5.74) is 1.51. The molecule has 0 amide bonds. The summed E-state index contributed by atoms with van der Waals surface area (Å²) in [5, 5.41) is 10.5. The number of benzene rings is 2.